The molecule has 0 saturated carbocycles. The fourth-order valence-corrected chi connectivity index (χ4v) is 2.18. The minimum atomic E-state index is -0.246. The van der Waals surface area contributed by atoms with Gasteiger partial charge in [-0.05, 0) is 42.3 Å². The van der Waals surface area contributed by atoms with Crippen molar-refractivity contribution in [1.29, 1.82) is 5.26 Å². The molecule has 2 unspecified atom stereocenters. The third-order valence-corrected chi connectivity index (χ3v) is 3.40. The van der Waals surface area contributed by atoms with Crippen molar-refractivity contribution in [2.75, 3.05) is 0 Å². The summed E-state index contributed by atoms with van der Waals surface area (Å²) in [5.74, 6) is 0.730. The smallest absolute Gasteiger partial charge is 0.138 e. The predicted molar refractivity (Wildman–Crippen MR) is 84.2 cm³/mol. The van der Waals surface area contributed by atoms with Crippen LogP contribution in [0, 0.1) is 11.3 Å². The number of rotatable bonds is 5. The van der Waals surface area contributed by atoms with E-state index in [9.17, 15) is 0 Å². The number of ether oxygens (including phenoxy) is 1. The summed E-state index contributed by atoms with van der Waals surface area (Å²) in [6.07, 6.45) is 0.151. The fourth-order valence-electron chi connectivity index (χ4n) is 2.06. The quantitative estimate of drug-likeness (QED) is 0.911. The van der Waals surface area contributed by atoms with Gasteiger partial charge in [0.1, 0.15) is 11.9 Å². The van der Waals surface area contributed by atoms with Gasteiger partial charge in [0.25, 0.3) is 0 Å². The maximum Gasteiger partial charge on any atom is 0.138 e. The Morgan fingerprint density at radius 1 is 1.14 bits per heavy atom. The molecule has 0 aliphatic rings. The summed E-state index contributed by atoms with van der Waals surface area (Å²) in [6.45, 7) is 1.91. The Morgan fingerprint density at radius 2 is 1.76 bits per heavy atom. The summed E-state index contributed by atoms with van der Waals surface area (Å²) in [5, 5.41) is 9.35. The highest BCUT2D eigenvalue weighted by Gasteiger charge is 2.18. The molecule has 0 fully saturated rings. The van der Waals surface area contributed by atoms with Gasteiger partial charge in [0.15, 0.2) is 0 Å². The van der Waals surface area contributed by atoms with Gasteiger partial charge in [-0.1, -0.05) is 35.9 Å². The van der Waals surface area contributed by atoms with E-state index in [1.165, 1.54) is 0 Å². The molecule has 0 aromatic heterocycles. The maximum atomic E-state index is 8.67. The van der Waals surface area contributed by atoms with E-state index in [-0.39, 0.29) is 12.1 Å². The van der Waals surface area contributed by atoms with Gasteiger partial charge in [-0.2, -0.15) is 5.26 Å². The fraction of sp³-hybridized carbons (Fsp3) is 0.235. The Kier molecular flexibility index (Phi) is 5.21. The second-order valence-corrected chi connectivity index (χ2v) is 5.36. The van der Waals surface area contributed by atoms with Crippen molar-refractivity contribution in [3.63, 3.8) is 0 Å². The van der Waals surface area contributed by atoms with Crippen molar-refractivity contribution in [2.45, 2.75) is 25.5 Å². The highest BCUT2D eigenvalue weighted by molar-refractivity contribution is 6.30. The average molecular weight is 301 g/mol. The highest BCUT2D eigenvalue weighted by Crippen LogP contribution is 2.25. The molecule has 2 aromatic rings. The lowest BCUT2D eigenvalue weighted by Gasteiger charge is -2.23. The molecule has 0 radical (unpaired) electrons. The van der Waals surface area contributed by atoms with Crippen LogP contribution in [-0.2, 0) is 6.42 Å². The van der Waals surface area contributed by atoms with Gasteiger partial charge >= 0.3 is 0 Å². The molecule has 0 heterocycles. The van der Waals surface area contributed by atoms with Crippen molar-refractivity contribution in [1.82, 2.24) is 0 Å². The van der Waals surface area contributed by atoms with Crippen LogP contribution >= 0.6 is 11.6 Å². The predicted octanol–water partition coefficient (Wildman–Crippen LogP) is 3.87. The molecule has 2 atom stereocenters. The zero-order chi connectivity index (χ0) is 15.2. The van der Waals surface area contributed by atoms with Gasteiger partial charge in [-0.25, -0.2) is 0 Å². The largest absolute Gasteiger partial charge is 0.484 e. The van der Waals surface area contributed by atoms with Crippen LogP contribution in [0.4, 0.5) is 0 Å². The Morgan fingerprint density at radius 3 is 2.29 bits per heavy atom. The summed E-state index contributed by atoms with van der Waals surface area (Å²) in [5.41, 5.74) is 7.98. The normalized spacial score (nSPS) is 13.2. The molecule has 0 amide bonds. The van der Waals surface area contributed by atoms with Crippen LogP contribution in [0.5, 0.6) is 5.75 Å². The number of halogens is 1. The van der Waals surface area contributed by atoms with Gasteiger partial charge in [0, 0.05) is 11.1 Å². The van der Waals surface area contributed by atoms with E-state index < -0.39 is 0 Å². The van der Waals surface area contributed by atoms with E-state index in [2.05, 4.69) is 6.07 Å². The summed E-state index contributed by atoms with van der Waals surface area (Å²) in [6, 6.07) is 16.9. The van der Waals surface area contributed by atoms with Crippen LogP contribution in [0.15, 0.2) is 48.5 Å². The van der Waals surface area contributed by atoms with Crippen LogP contribution in [0.3, 0.4) is 0 Å². The number of nitriles is 1. The molecule has 0 spiro atoms. The molecule has 2 N–H and O–H groups in total. The molecule has 0 aliphatic heterocycles. The van der Waals surface area contributed by atoms with Crippen molar-refractivity contribution < 1.29 is 4.74 Å². The Bertz CT molecular complexity index is 615. The van der Waals surface area contributed by atoms with Gasteiger partial charge in [-0.3, -0.25) is 0 Å². The molecular formula is C17H17ClN2O. The molecule has 2 rings (SSSR count). The van der Waals surface area contributed by atoms with E-state index in [1.54, 1.807) is 0 Å². The van der Waals surface area contributed by atoms with E-state index in [0.717, 1.165) is 16.9 Å². The van der Waals surface area contributed by atoms with Crippen LogP contribution in [0.1, 0.15) is 24.2 Å². The second-order valence-electron chi connectivity index (χ2n) is 4.93. The lowest BCUT2D eigenvalue weighted by atomic mass is 10.0. The lowest BCUT2D eigenvalue weighted by molar-refractivity contribution is 0.180. The number of benzene rings is 2. The number of hydrogen-bond donors (Lipinski definition) is 1. The Balaban J connectivity index is 2.16. The minimum absolute atomic E-state index is 0.162. The van der Waals surface area contributed by atoms with E-state index >= 15 is 0 Å². The van der Waals surface area contributed by atoms with Crippen LogP contribution in [-0.4, -0.2) is 6.04 Å². The second kappa shape index (κ2) is 7.12. The van der Waals surface area contributed by atoms with Gasteiger partial charge in [-0.15, -0.1) is 0 Å². The standard InChI is InChI=1S/C17H17ClN2O/c1-12(20)17(14-4-6-15(18)7-5-14)21-16-8-2-13(3-9-16)10-11-19/h2-9,12,17H,10,20H2,1H3. The number of hydrogen-bond acceptors (Lipinski definition) is 3. The maximum absolute atomic E-state index is 8.67. The van der Waals surface area contributed by atoms with Gasteiger partial charge < -0.3 is 10.5 Å². The molecule has 0 aliphatic carbocycles. The number of nitrogens with zero attached hydrogens (tertiary/aromatic N) is 1. The molecule has 3 nitrogen and oxygen atoms in total. The monoisotopic (exact) mass is 300 g/mol. The van der Waals surface area contributed by atoms with E-state index in [4.69, 9.17) is 27.3 Å². The van der Waals surface area contributed by atoms with Gasteiger partial charge in [0.2, 0.25) is 0 Å². The first-order chi connectivity index (χ1) is 10.1. The summed E-state index contributed by atoms with van der Waals surface area (Å²) in [4.78, 5) is 0. The molecular weight excluding hydrogens is 284 g/mol. The molecule has 21 heavy (non-hydrogen) atoms. The van der Waals surface area contributed by atoms with E-state index in [0.29, 0.717) is 11.4 Å². The van der Waals surface area contributed by atoms with Crippen molar-refractivity contribution in [3.8, 4) is 11.8 Å². The molecule has 2 aromatic carbocycles. The Labute approximate surface area is 129 Å². The molecule has 108 valence electrons. The van der Waals surface area contributed by atoms with Crippen LogP contribution in [0.2, 0.25) is 5.02 Å². The molecule has 0 bridgehead atoms. The first kappa shape index (κ1) is 15.4. The zero-order valence-electron chi connectivity index (χ0n) is 11.8. The topological polar surface area (TPSA) is 59.0 Å². The van der Waals surface area contributed by atoms with E-state index in [1.807, 2.05) is 55.5 Å². The summed E-state index contributed by atoms with van der Waals surface area (Å²) >= 11 is 5.90. The number of nitrogens with two attached hydrogens (primary N) is 1. The summed E-state index contributed by atoms with van der Waals surface area (Å²) in [7, 11) is 0. The van der Waals surface area contributed by atoms with Crippen molar-refractivity contribution in [3.05, 3.63) is 64.7 Å². The zero-order valence-corrected chi connectivity index (χ0v) is 12.5. The van der Waals surface area contributed by atoms with Crippen LogP contribution < -0.4 is 10.5 Å². The minimum Gasteiger partial charge on any atom is -0.484 e. The van der Waals surface area contributed by atoms with Crippen molar-refractivity contribution >= 4 is 11.6 Å². The Hall–Kier alpha value is -2.02. The molecule has 0 saturated heterocycles. The molecule has 4 heteroatoms. The van der Waals surface area contributed by atoms with Crippen molar-refractivity contribution in [2.24, 2.45) is 5.73 Å². The third-order valence-electron chi connectivity index (χ3n) is 3.15. The third kappa shape index (κ3) is 4.22. The highest BCUT2D eigenvalue weighted by atomic mass is 35.5. The van der Waals surface area contributed by atoms with Gasteiger partial charge in [0.05, 0.1) is 12.5 Å². The van der Waals surface area contributed by atoms with Crippen LogP contribution in [0.25, 0.3) is 0 Å². The SMILES string of the molecule is CC(N)C(Oc1ccc(CC#N)cc1)c1ccc(Cl)cc1. The lowest BCUT2D eigenvalue weighted by Crippen LogP contribution is -2.29. The first-order valence-corrected chi connectivity index (χ1v) is 7.11. The summed E-state index contributed by atoms with van der Waals surface area (Å²) < 4.78 is 5.98. The first-order valence-electron chi connectivity index (χ1n) is 6.73. The average Bonchev–Trinajstić information content (AvgIpc) is 2.47.